The molecule has 2 saturated heterocycles. The molecule has 2 fully saturated rings. The number of rotatable bonds is 2. The molecule has 0 aromatic heterocycles. The predicted molar refractivity (Wildman–Crippen MR) is 71.3 cm³/mol. The smallest absolute Gasteiger partial charge is 0.321 e. The number of carboxylic acids is 1. The van der Waals surface area contributed by atoms with Gasteiger partial charge in [0, 0.05) is 19.5 Å². The van der Waals surface area contributed by atoms with Crippen LogP contribution in [0.25, 0.3) is 0 Å². The molecule has 2 aliphatic heterocycles. The van der Waals surface area contributed by atoms with Crippen molar-refractivity contribution in [1.29, 1.82) is 0 Å². The summed E-state index contributed by atoms with van der Waals surface area (Å²) in [5.41, 5.74) is 0. The molecular formula is C13H19N3O5. The topological polar surface area (TPSA) is 107 Å². The molecule has 0 aromatic carbocycles. The predicted octanol–water partition coefficient (Wildman–Crippen LogP) is -0.360. The number of carbonyl (C=O) groups is 4. The third-order valence-corrected chi connectivity index (χ3v) is 4.02. The van der Waals surface area contributed by atoms with E-state index in [1.54, 1.807) is 11.8 Å². The maximum atomic E-state index is 12.4. The molecule has 0 saturated carbocycles. The van der Waals surface area contributed by atoms with E-state index in [0.717, 1.165) is 0 Å². The Hall–Kier alpha value is -2.12. The first kappa shape index (κ1) is 15.3. The number of nitrogens with one attached hydrogen (secondary N) is 1. The minimum atomic E-state index is -0.827. The van der Waals surface area contributed by atoms with Gasteiger partial charge in [0.25, 0.3) is 0 Å². The van der Waals surface area contributed by atoms with Gasteiger partial charge in [-0.25, -0.2) is 4.79 Å². The molecule has 0 radical (unpaired) electrons. The fraction of sp³-hybridized carbons (Fsp3) is 0.692. The van der Waals surface area contributed by atoms with Crippen LogP contribution in [0, 0.1) is 5.92 Å². The number of carbonyl (C=O) groups excluding carboxylic acids is 3. The van der Waals surface area contributed by atoms with Gasteiger partial charge in [-0.15, -0.1) is 0 Å². The van der Waals surface area contributed by atoms with Crippen molar-refractivity contribution in [2.75, 3.05) is 19.6 Å². The zero-order chi connectivity index (χ0) is 15.6. The first-order valence-corrected chi connectivity index (χ1v) is 6.99. The Morgan fingerprint density at radius 2 is 1.90 bits per heavy atom. The summed E-state index contributed by atoms with van der Waals surface area (Å²) in [5.74, 6) is -1.70. The highest BCUT2D eigenvalue weighted by Crippen LogP contribution is 2.22. The Kier molecular flexibility index (Phi) is 4.44. The number of aliphatic carboxylic acids is 1. The normalized spacial score (nSPS) is 24.0. The fourth-order valence-electron chi connectivity index (χ4n) is 2.70. The van der Waals surface area contributed by atoms with Gasteiger partial charge < -0.3 is 14.9 Å². The summed E-state index contributed by atoms with van der Waals surface area (Å²) >= 11 is 0. The minimum absolute atomic E-state index is 0.0789. The summed E-state index contributed by atoms with van der Waals surface area (Å²) in [5, 5.41) is 11.0. The van der Waals surface area contributed by atoms with E-state index in [9.17, 15) is 19.2 Å². The number of imide groups is 1. The monoisotopic (exact) mass is 297 g/mol. The van der Waals surface area contributed by atoms with Crippen LogP contribution >= 0.6 is 0 Å². The van der Waals surface area contributed by atoms with Crippen LogP contribution in [0.1, 0.15) is 26.2 Å². The average molecular weight is 297 g/mol. The van der Waals surface area contributed by atoms with E-state index in [-0.39, 0.29) is 24.9 Å². The first-order chi connectivity index (χ1) is 9.88. The molecule has 0 bridgehead atoms. The van der Waals surface area contributed by atoms with Crippen molar-refractivity contribution in [3.05, 3.63) is 0 Å². The first-order valence-electron chi connectivity index (χ1n) is 6.99. The van der Waals surface area contributed by atoms with Crippen LogP contribution < -0.4 is 5.32 Å². The number of likely N-dealkylation sites (tertiary alicyclic amines) is 1. The van der Waals surface area contributed by atoms with Crippen molar-refractivity contribution in [2.24, 2.45) is 5.92 Å². The van der Waals surface area contributed by atoms with Crippen LogP contribution in [0.15, 0.2) is 0 Å². The van der Waals surface area contributed by atoms with Gasteiger partial charge in [0.15, 0.2) is 0 Å². The van der Waals surface area contributed by atoms with Crippen LogP contribution in [0.3, 0.4) is 0 Å². The van der Waals surface area contributed by atoms with Crippen LogP contribution in [-0.2, 0) is 14.4 Å². The molecule has 0 aromatic rings. The van der Waals surface area contributed by atoms with E-state index >= 15 is 0 Å². The van der Waals surface area contributed by atoms with Crippen LogP contribution in [0.4, 0.5) is 4.79 Å². The zero-order valence-corrected chi connectivity index (χ0v) is 11.9. The molecule has 2 N–H and O–H groups in total. The van der Waals surface area contributed by atoms with Gasteiger partial charge in [-0.05, 0) is 25.7 Å². The molecule has 0 aliphatic carbocycles. The SMILES string of the molecule is CC1C(=O)NC(=O)CN1C(=O)N1CCC(CC(=O)O)CC1. The standard InChI is InChI=1S/C13H19N3O5/c1-8-12(20)14-10(17)7-16(8)13(21)15-4-2-9(3-5-15)6-11(18)19/h8-9H,2-7H2,1H3,(H,18,19)(H,14,17,20). The Balaban J connectivity index is 1.93. The Morgan fingerprint density at radius 3 is 2.48 bits per heavy atom. The maximum absolute atomic E-state index is 12.4. The lowest BCUT2D eigenvalue weighted by Crippen LogP contribution is -2.61. The van der Waals surface area contributed by atoms with Gasteiger partial charge in [0.05, 0.1) is 0 Å². The molecule has 4 amide bonds. The lowest BCUT2D eigenvalue weighted by molar-refractivity contribution is -0.140. The Bertz CT molecular complexity index is 470. The number of hydrogen-bond donors (Lipinski definition) is 2. The summed E-state index contributed by atoms with van der Waals surface area (Å²) in [4.78, 5) is 48.9. The molecule has 2 heterocycles. The van der Waals surface area contributed by atoms with Crippen molar-refractivity contribution in [3.8, 4) is 0 Å². The molecule has 21 heavy (non-hydrogen) atoms. The second kappa shape index (κ2) is 6.11. The van der Waals surface area contributed by atoms with E-state index in [4.69, 9.17) is 5.11 Å². The van der Waals surface area contributed by atoms with Crippen LogP contribution in [-0.4, -0.2) is 64.4 Å². The summed E-state index contributed by atoms with van der Waals surface area (Å²) in [6.07, 6.45) is 1.36. The van der Waals surface area contributed by atoms with E-state index < -0.39 is 23.8 Å². The summed E-state index contributed by atoms with van der Waals surface area (Å²) < 4.78 is 0. The Labute approximate surface area is 122 Å². The number of carboxylic acid groups (broad SMARTS) is 1. The number of urea groups is 1. The molecule has 8 nitrogen and oxygen atoms in total. The summed E-state index contributed by atoms with van der Waals surface area (Å²) in [6.45, 7) is 2.36. The number of piperidine rings is 1. The van der Waals surface area contributed by atoms with E-state index in [1.165, 1.54) is 4.90 Å². The lowest BCUT2D eigenvalue weighted by Gasteiger charge is -2.38. The van der Waals surface area contributed by atoms with Gasteiger partial charge in [0.1, 0.15) is 12.6 Å². The lowest BCUT2D eigenvalue weighted by atomic mass is 9.94. The highest BCUT2D eigenvalue weighted by atomic mass is 16.4. The van der Waals surface area contributed by atoms with E-state index in [1.807, 2.05) is 0 Å². The largest absolute Gasteiger partial charge is 0.481 e. The van der Waals surface area contributed by atoms with Gasteiger partial charge in [0.2, 0.25) is 11.8 Å². The minimum Gasteiger partial charge on any atom is -0.481 e. The van der Waals surface area contributed by atoms with Gasteiger partial charge in [-0.3, -0.25) is 19.7 Å². The van der Waals surface area contributed by atoms with Gasteiger partial charge in [-0.1, -0.05) is 0 Å². The summed E-state index contributed by atoms with van der Waals surface area (Å²) in [7, 11) is 0. The molecule has 1 atom stereocenters. The Morgan fingerprint density at radius 1 is 1.29 bits per heavy atom. The second-order valence-corrected chi connectivity index (χ2v) is 5.53. The van der Waals surface area contributed by atoms with Crippen molar-refractivity contribution >= 4 is 23.8 Å². The second-order valence-electron chi connectivity index (χ2n) is 5.53. The molecule has 0 spiro atoms. The van der Waals surface area contributed by atoms with E-state index in [2.05, 4.69) is 5.32 Å². The third kappa shape index (κ3) is 3.50. The fourth-order valence-corrected chi connectivity index (χ4v) is 2.70. The van der Waals surface area contributed by atoms with Gasteiger partial charge >= 0.3 is 12.0 Å². The van der Waals surface area contributed by atoms with Crippen LogP contribution in [0.2, 0.25) is 0 Å². The third-order valence-electron chi connectivity index (χ3n) is 4.02. The average Bonchev–Trinajstić information content (AvgIpc) is 2.42. The molecular weight excluding hydrogens is 278 g/mol. The number of hydrogen-bond acceptors (Lipinski definition) is 4. The highest BCUT2D eigenvalue weighted by Gasteiger charge is 2.36. The van der Waals surface area contributed by atoms with E-state index in [0.29, 0.717) is 25.9 Å². The number of piperazine rings is 1. The maximum Gasteiger partial charge on any atom is 0.321 e. The van der Waals surface area contributed by atoms with Gasteiger partial charge in [-0.2, -0.15) is 0 Å². The number of amides is 4. The molecule has 116 valence electrons. The van der Waals surface area contributed by atoms with Crippen molar-refractivity contribution in [3.63, 3.8) is 0 Å². The molecule has 2 aliphatic rings. The molecule has 1 unspecified atom stereocenters. The van der Waals surface area contributed by atoms with Crippen molar-refractivity contribution in [2.45, 2.75) is 32.2 Å². The van der Waals surface area contributed by atoms with Crippen molar-refractivity contribution in [1.82, 2.24) is 15.1 Å². The molecule has 8 heteroatoms. The summed E-state index contributed by atoms with van der Waals surface area (Å²) in [6, 6.07) is -1.01. The highest BCUT2D eigenvalue weighted by molar-refractivity contribution is 6.03. The quantitative estimate of drug-likeness (QED) is 0.677. The van der Waals surface area contributed by atoms with Crippen LogP contribution in [0.5, 0.6) is 0 Å². The number of nitrogens with zero attached hydrogens (tertiary/aromatic N) is 2. The van der Waals surface area contributed by atoms with Crippen molar-refractivity contribution < 1.29 is 24.3 Å². The molecule has 2 rings (SSSR count). The zero-order valence-electron chi connectivity index (χ0n) is 11.9.